The first-order chi connectivity index (χ1) is 7.43. The first-order valence-corrected chi connectivity index (χ1v) is 5.86. The van der Waals surface area contributed by atoms with Crippen molar-refractivity contribution in [1.29, 1.82) is 0 Å². The van der Waals surface area contributed by atoms with Gasteiger partial charge in [-0.15, -0.1) is 6.58 Å². The van der Waals surface area contributed by atoms with Crippen LogP contribution in [0, 0.1) is 0 Å². The van der Waals surface area contributed by atoms with Gasteiger partial charge in [0.1, 0.15) is 0 Å². The second-order valence-electron chi connectivity index (χ2n) is 5.06. The van der Waals surface area contributed by atoms with E-state index >= 15 is 0 Å². The molecule has 4 nitrogen and oxygen atoms in total. The number of carbonyl (C=O) groups is 1. The second kappa shape index (κ2) is 5.46. The molecule has 0 radical (unpaired) electrons. The number of hydrogen-bond acceptors (Lipinski definition) is 3. The van der Waals surface area contributed by atoms with Crippen molar-refractivity contribution in [1.82, 2.24) is 10.2 Å². The number of rotatable bonds is 4. The fraction of sp³-hybridized carbons (Fsp3) is 0.750. The van der Waals surface area contributed by atoms with Crippen LogP contribution in [0.25, 0.3) is 0 Å². The topological polar surface area (TPSA) is 58.4 Å². The summed E-state index contributed by atoms with van der Waals surface area (Å²) in [5, 5.41) is 3.01. The summed E-state index contributed by atoms with van der Waals surface area (Å²) in [4.78, 5) is 14.0. The number of piperidine rings is 1. The molecule has 0 aromatic heterocycles. The Kier molecular flexibility index (Phi) is 4.50. The van der Waals surface area contributed by atoms with Gasteiger partial charge in [0.15, 0.2) is 0 Å². The van der Waals surface area contributed by atoms with Crippen LogP contribution in [0.5, 0.6) is 0 Å². The number of hydrogen-bond donors (Lipinski definition) is 2. The van der Waals surface area contributed by atoms with Gasteiger partial charge in [-0.1, -0.05) is 6.08 Å². The van der Waals surface area contributed by atoms with Crippen molar-refractivity contribution in [2.45, 2.75) is 38.3 Å². The highest BCUT2D eigenvalue weighted by Crippen LogP contribution is 2.11. The third-order valence-corrected chi connectivity index (χ3v) is 2.90. The molecule has 0 aromatic rings. The standard InChI is InChI=1S/C12H23N3O/c1-4-7-15-8-5-10(6-9-15)14-11(16)12(2,3)13/h4,10H,1,5-9,13H2,2-3H3,(H,14,16). The summed E-state index contributed by atoms with van der Waals surface area (Å²) in [6.45, 7) is 10.2. The Balaban J connectivity index is 2.32. The number of likely N-dealkylation sites (tertiary alicyclic amines) is 1. The fourth-order valence-corrected chi connectivity index (χ4v) is 1.81. The molecule has 1 rings (SSSR count). The normalized spacial score (nSPS) is 19.4. The highest BCUT2D eigenvalue weighted by Gasteiger charge is 2.26. The number of nitrogens with one attached hydrogen (secondary N) is 1. The summed E-state index contributed by atoms with van der Waals surface area (Å²) in [5.74, 6) is -0.0605. The minimum Gasteiger partial charge on any atom is -0.352 e. The lowest BCUT2D eigenvalue weighted by atomic mass is 10.0. The number of amides is 1. The van der Waals surface area contributed by atoms with Crippen molar-refractivity contribution < 1.29 is 4.79 Å². The number of carbonyl (C=O) groups excluding carboxylic acids is 1. The summed E-state index contributed by atoms with van der Waals surface area (Å²) >= 11 is 0. The molecule has 0 bridgehead atoms. The maximum absolute atomic E-state index is 11.7. The average molecular weight is 225 g/mol. The van der Waals surface area contributed by atoms with Crippen molar-refractivity contribution in [3.8, 4) is 0 Å². The fourth-order valence-electron chi connectivity index (χ4n) is 1.81. The molecule has 0 saturated carbocycles. The van der Waals surface area contributed by atoms with E-state index < -0.39 is 5.54 Å². The second-order valence-corrected chi connectivity index (χ2v) is 5.06. The van der Waals surface area contributed by atoms with E-state index in [2.05, 4.69) is 16.8 Å². The van der Waals surface area contributed by atoms with Gasteiger partial charge in [0.05, 0.1) is 5.54 Å². The van der Waals surface area contributed by atoms with Crippen molar-refractivity contribution >= 4 is 5.91 Å². The number of nitrogens with two attached hydrogens (primary N) is 1. The van der Waals surface area contributed by atoms with Crippen molar-refractivity contribution in [2.75, 3.05) is 19.6 Å². The van der Waals surface area contributed by atoms with Crippen molar-refractivity contribution in [2.24, 2.45) is 5.73 Å². The Bertz CT molecular complexity index is 249. The van der Waals surface area contributed by atoms with Crippen LogP contribution in [0.3, 0.4) is 0 Å². The monoisotopic (exact) mass is 225 g/mol. The molecule has 4 heteroatoms. The van der Waals surface area contributed by atoms with Gasteiger partial charge >= 0.3 is 0 Å². The Morgan fingerprint density at radius 1 is 1.56 bits per heavy atom. The predicted molar refractivity (Wildman–Crippen MR) is 66.1 cm³/mol. The van der Waals surface area contributed by atoms with Gasteiger partial charge < -0.3 is 11.1 Å². The van der Waals surface area contributed by atoms with Crippen LogP contribution in [0.1, 0.15) is 26.7 Å². The molecule has 92 valence electrons. The smallest absolute Gasteiger partial charge is 0.239 e. The number of nitrogens with zero attached hydrogens (tertiary/aromatic N) is 1. The molecule has 1 fully saturated rings. The molecule has 1 aliphatic rings. The highest BCUT2D eigenvalue weighted by molar-refractivity contribution is 5.85. The van der Waals surface area contributed by atoms with E-state index in [9.17, 15) is 4.79 Å². The highest BCUT2D eigenvalue weighted by atomic mass is 16.2. The molecule has 1 amide bonds. The molecule has 0 aromatic carbocycles. The molecule has 1 aliphatic heterocycles. The lowest BCUT2D eigenvalue weighted by Crippen LogP contribution is -2.54. The lowest BCUT2D eigenvalue weighted by Gasteiger charge is -2.33. The van der Waals surface area contributed by atoms with Crippen LogP contribution in [-0.2, 0) is 4.79 Å². The van der Waals surface area contributed by atoms with Crippen molar-refractivity contribution in [3.63, 3.8) is 0 Å². The maximum atomic E-state index is 11.7. The van der Waals surface area contributed by atoms with Gasteiger partial charge in [0.2, 0.25) is 5.91 Å². The molecule has 0 atom stereocenters. The zero-order valence-corrected chi connectivity index (χ0v) is 10.3. The van der Waals surface area contributed by atoms with Crippen molar-refractivity contribution in [3.05, 3.63) is 12.7 Å². The largest absolute Gasteiger partial charge is 0.352 e. The zero-order valence-electron chi connectivity index (χ0n) is 10.3. The molecule has 16 heavy (non-hydrogen) atoms. The minimum atomic E-state index is -0.780. The Morgan fingerprint density at radius 2 is 2.12 bits per heavy atom. The van der Waals surface area contributed by atoms with Gasteiger partial charge in [-0.3, -0.25) is 9.69 Å². The van der Waals surface area contributed by atoms with Gasteiger partial charge in [0.25, 0.3) is 0 Å². The van der Waals surface area contributed by atoms with Gasteiger partial charge in [-0.25, -0.2) is 0 Å². The van der Waals surface area contributed by atoms with E-state index in [1.165, 1.54) is 0 Å². The summed E-state index contributed by atoms with van der Waals surface area (Å²) in [5.41, 5.74) is 4.96. The van der Waals surface area contributed by atoms with E-state index in [-0.39, 0.29) is 11.9 Å². The van der Waals surface area contributed by atoms with Gasteiger partial charge in [-0.2, -0.15) is 0 Å². The van der Waals surface area contributed by atoms with Gasteiger partial charge in [0, 0.05) is 25.7 Å². The third kappa shape index (κ3) is 3.94. The first kappa shape index (κ1) is 13.2. The predicted octanol–water partition coefficient (Wildman–Crippen LogP) is 0.490. The third-order valence-electron chi connectivity index (χ3n) is 2.90. The Hall–Kier alpha value is -0.870. The van der Waals surface area contributed by atoms with E-state index in [1.807, 2.05) is 6.08 Å². The van der Waals surface area contributed by atoms with Crippen LogP contribution in [-0.4, -0.2) is 42.0 Å². The van der Waals surface area contributed by atoms with E-state index in [1.54, 1.807) is 13.8 Å². The maximum Gasteiger partial charge on any atom is 0.239 e. The van der Waals surface area contributed by atoms with Crippen LogP contribution in [0.15, 0.2) is 12.7 Å². The molecule has 0 spiro atoms. The molecule has 1 saturated heterocycles. The van der Waals surface area contributed by atoms with E-state index in [4.69, 9.17) is 5.73 Å². The Labute approximate surface area is 97.9 Å². The minimum absolute atomic E-state index is 0.0605. The summed E-state index contributed by atoms with van der Waals surface area (Å²) in [6, 6.07) is 0.274. The quantitative estimate of drug-likeness (QED) is 0.685. The van der Waals surface area contributed by atoms with E-state index in [0.29, 0.717) is 0 Å². The van der Waals surface area contributed by atoms with Gasteiger partial charge in [-0.05, 0) is 26.7 Å². The van der Waals surface area contributed by atoms with Crippen LogP contribution < -0.4 is 11.1 Å². The molecular formula is C12H23N3O. The van der Waals surface area contributed by atoms with Crippen LogP contribution in [0.2, 0.25) is 0 Å². The average Bonchev–Trinajstić information content (AvgIpc) is 2.20. The summed E-state index contributed by atoms with van der Waals surface area (Å²) in [6.07, 6.45) is 3.91. The van der Waals surface area contributed by atoms with E-state index in [0.717, 1.165) is 32.5 Å². The molecule has 0 unspecified atom stereocenters. The lowest BCUT2D eigenvalue weighted by molar-refractivity contribution is -0.126. The van der Waals surface area contributed by atoms with Crippen LogP contribution >= 0.6 is 0 Å². The molecule has 1 heterocycles. The Morgan fingerprint density at radius 3 is 2.56 bits per heavy atom. The summed E-state index contributed by atoms with van der Waals surface area (Å²) < 4.78 is 0. The SMILES string of the molecule is C=CCN1CCC(NC(=O)C(C)(C)N)CC1. The first-order valence-electron chi connectivity index (χ1n) is 5.86. The summed E-state index contributed by atoms with van der Waals surface area (Å²) in [7, 11) is 0. The van der Waals surface area contributed by atoms with Crippen LogP contribution in [0.4, 0.5) is 0 Å². The molecule has 0 aliphatic carbocycles. The molecular weight excluding hydrogens is 202 g/mol. The molecule has 3 N–H and O–H groups in total. The zero-order chi connectivity index (χ0) is 12.2.